The van der Waals surface area contributed by atoms with E-state index in [2.05, 4.69) is 69.8 Å². The van der Waals surface area contributed by atoms with E-state index in [4.69, 9.17) is 4.74 Å². The number of hydrogen-bond acceptors (Lipinski definition) is 5. The fourth-order valence-electron chi connectivity index (χ4n) is 5.40. The Balaban J connectivity index is 1.25. The average Bonchev–Trinajstić information content (AvgIpc) is 3.58. The van der Waals surface area contributed by atoms with Crippen molar-refractivity contribution in [2.24, 2.45) is 11.8 Å². The Hall–Kier alpha value is -2.97. The molecule has 1 amide bonds. The van der Waals surface area contributed by atoms with Gasteiger partial charge in [-0.25, -0.2) is 0 Å². The maximum atomic E-state index is 12.8. The van der Waals surface area contributed by atoms with Crippen LogP contribution in [0, 0.1) is 18.8 Å². The van der Waals surface area contributed by atoms with Gasteiger partial charge in [-0.2, -0.15) is 15.4 Å². The molecule has 34 heavy (non-hydrogen) atoms. The lowest BCUT2D eigenvalue weighted by Gasteiger charge is -2.30. The standard InChI is InChI=1S/C26H34N6O2/c1-16-10-19(5-6-20(16)15-32(2)3)24-25(30-31-29-24)21-12-22(27-14-21)26(33)28-13-17-4-7-23-18(11-17)8-9-34-23/h5-6,10,12,14,17-18,23,27H,4,7-9,11,13,15H2,1-3H3,(H,28,33)(H,29,30,31)/t17?,18?,23-/m0/s1. The van der Waals surface area contributed by atoms with E-state index in [0.29, 0.717) is 30.2 Å². The van der Waals surface area contributed by atoms with Crippen molar-refractivity contribution in [2.45, 2.75) is 45.3 Å². The molecule has 2 aromatic heterocycles. The summed E-state index contributed by atoms with van der Waals surface area (Å²) in [6, 6.07) is 8.22. The van der Waals surface area contributed by atoms with Crippen molar-refractivity contribution in [3.63, 3.8) is 0 Å². The Morgan fingerprint density at radius 3 is 2.76 bits per heavy atom. The molecular weight excluding hydrogens is 428 g/mol. The van der Waals surface area contributed by atoms with Gasteiger partial charge in [-0.05, 0) is 81.8 Å². The second-order valence-corrected chi connectivity index (χ2v) is 10.0. The Morgan fingerprint density at radius 1 is 1.15 bits per heavy atom. The molecule has 8 heteroatoms. The number of carbonyl (C=O) groups excluding carboxylic acids is 1. The number of H-pyrrole nitrogens is 2. The SMILES string of the molecule is Cc1cc(-c2n[nH]nc2-c2c[nH]c(C(=O)NCC3CC[C@@H]4OCCC4C3)c2)ccc1CN(C)C. The molecule has 3 N–H and O–H groups in total. The highest BCUT2D eigenvalue weighted by molar-refractivity contribution is 5.94. The lowest BCUT2D eigenvalue weighted by atomic mass is 9.79. The lowest BCUT2D eigenvalue weighted by Crippen LogP contribution is -2.34. The number of aromatic nitrogens is 4. The van der Waals surface area contributed by atoms with Crippen LogP contribution in [0.25, 0.3) is 22.5 Å². The van der Waals surface area contributed by atoms with Crippen LogP contribution in [0.5, 0.6) is 0 Å². The molecule has 3 aromatic rings. The molecule has 0 spiro atoms. The van der Waals surface area contributed by atoms with E-state index in [1.54, 1.807) is 0 Å². The van der Waals surface area contributed by atoms with Crippen molar-refractivity contribution >= 4 is 5.91 Å². The van der Waals surface area contributed by atoms with Crippen LogP contribution in [-0.2, 0) is 11.3 Å². The number of benzene rings is 1. The molecule has 1 aromatic carbocycles. The van der Waals surface area contributed by atoms with E-state index in [-0.39, 0.29) is 5.91 Å². The zero-order valence-electron chi connectivity index (χ0n) is 20.2. The zero-order valence-corrected chi connectivity index (χ0v) is 20.2. The number of aromatic amines is 2. The van der Waals surface area contributed by atoms with E-state index in [0.717, 1.165) is 61.3 Å². The summed E-state index contributed by atoms with van der Waals surface area (Å²) in [6.45, 7) is 4.62. The molecule has 2 fully saturated rings. The maximum absolute atomic E-state index is 12.8. The summed E-state index contributed by atoms with van der Waals surface area (Å²) in [5, 5.41) is 14.7. The molecule has 1 saturated carbocycles. The highest BCUT2D eigenvalue weighted by Gasteiger charge is 2.34. The largest absolute Gasteiger partial charge is 0.378 e. The molecule has 0 radical (unpaired) electrons. The van der Waals surface area contributed by atoms with Gasteiger partial charge in [0, 0.05) is 37.0 Å². The van der Waals surface area contributed by atoms with Gasteiger partial charge in [-0.15, -0.1) is 0 Å². The summed E-state index contributed by atoms with van der Waals surface area (Å²) in [4.78, 5) is 18.1. The molecule has 0 bridgehead atoms. The van der Waals surface area contributed by atoms with Crippen LogP contribution < -0.4 is 5.32 Å². The van der Waals surface area contributed by atoms with Crippen LogP contribution in [0.1, 0.15) is 47.3 Å². The molecule has 1 aliphatic heterocycles. The summed E-state index contributed by atoms with van der Waals surface area (Å²) in [5.41, 5.74) is 6.39. The minimum Gasteiger partial charge on any atom is -0.378 e. The normalized spacial score (nSPS) is 22.2. The lowest BCUT2D eigenvalue weighted by molar-refractivity contribution is 0.0512. The molecule has 180 valence electrons. The van der Waals surface area contributed by atoms with Crippen LogP contribution in [0.3, 0.4) is 0 Å². The van der Waals surface area contributed by atoms with Gasteiger partial charge < -0.3 is 19.9 Å². The van der Waals surface area contributed by atoms with Gasteiger partial charge in [0.2, 0.25) is 0 Å². The maximum Gasteiger partial charge on any atom is 0.267 e. The third-order valence-electron chi connectivity index (χ3n) is 7.24. The summed E-state index contributed by atoms with van der Waals surface area (Å²) in [6.07, 6.45) is 6.81. The minimum absolute atomic E-state index is 0.0787. The molecule has 2 unspecified atom stereocenters. The topological polar surface area (TPSA) is 98.9 Å². The first-order valence-corrected chi connectivity index (χ1v) is 12.2. The molecule has 8 nitrogen and oxygen atoms in total. The number of nitrogens with zero attached hydrogens (tertiary/aromatic N) is 3. The first-order chi connectivity index (χ1) is 16.5. The molecule has 3 atom stereocenters. The summed E-state index contributed by atoms with van der Waals surface area (Å²) in [5.74, 6) is 1.12. The van der Waals surface area contributed by atoms with Crippen molar-refractivity contribution < 1.29 is 9.53 Å². The average molecular weight is 463 g/mol. The van der Waals surface area contributed by atoms with E-state index >= 15 is 0 Å². The van der Waals surface area contributed by atoms with Crippen LogP contribution in [0.4, 0.5) is 0 Å². The van der Waals surface area contributed by atoms with Gasteiger partial charge >= 0.3 is 0 Å². The first kappa shape index (κ1) is 22.8. The molecule has 1 saturated heterocycles. The monoisotopic (exact) mass is 462 g/mol. The Kier molecular flexibility index (Phi) is 6.52. The van der Waals surface area contributed by atoms with E-state index in [1.807, 2.05) is 12.3 Å². The number of fused-ring (bicyclic) bond motifs is 1. The van der Waals surface area contributed by atoms with E-state index in [9.17, 15) is 4.79 Å². The summed E-state index contributed by atoms with van der Waals surface area (Å²) < 4.78 is 5.80. The first-order valence-electron chi connectivity index (χ1n) is 12.2. The quantitative estimate of drug-likeness (QED) is 0.496. The third kappa shape index (κ3) is 4.79. The van der Waals surface area contributed by atoms with Gasteiger partial charge in [-0.1, -0.05) is 12.1 Å². The molecule has 3 heterocycles. The van der Waals surface area contributed by atoms with Gasteiger partial charge in [0.1, 0.15) is 17.1 Å². The number of carbonyl (C=O) groups is 1. The van der Waals surface area contributed by atoms with Crippen molar-refractivity contribution in [1.82, 2.24) is 30.6 Å². The summed E-state index contributed by atoms with van der Waals surface area (Å²) >= 11 is 0. The fourth-order valence-corrected chi connectivity index (χ4v) is 5.40. The van der Waals surface area contributed by atoms with Crippen molar-refractivity contribution in [1.29, 1.82) is 0 Å². The highest BCUT2D eigenvalue weighted by Crippen LogP contribution is 2.37. The van der Waals surface area contributed by atoms with Crippen LogP contribution >= 0.6 is 0 Å². The zero-order chi connectivity index (χ0) is 23.7. The fraction of sp³-hybridized carbons (Fsp3) is 0.500. The second kappa shape index (κ2) is 9.72. The molecule has 1 aliphatic carbocycles. The minimum atomic E-state index is -0.0787. The second-order valence-electron chi connectivity index (χ2n) is 10.0. The Morgan fingerprint density at radius 2 is 1.97 bits per heavy atom. The van der Waals surface area contributed by atoms with Crippen molar-refractivity contribution in [2.75, 3.05) is 27.2 Å². The Bertz CT molecular complexity index is 1150. The van der Waals surface area contributed by atoms with E-state index in [1.165, 1.54) is 11.1 Å². The highest BCUT2D eigenvalue weighted by atomic mass is 16.5. The van der Waals surface area contributed by atoms with Gasteiger partial charge in [0.25, 0.3) is 5.91 Å². The summed E-state index contributed by atoms with van der Waals surface area (Å²) in [7, 11) is 4.13. The van der Waals surface area contributed by atoms with Gasteiger partial charge in [-0.3, -0.25) is 4.79 Å². The van der Waals surface area contributed by atoms with Gasteiger partial charge in [0.15, 0.2) is 0 Å². The Labute approximate surface area is 200 Å². The predicted octanol–water partition coefficient (Wildman–Crippen LogP) is 3.77. The van der Waals surface area contributed by atoms with Crippen LogP contribution in [0.15, 0.2) is 30.5 Å². The van der Waals surface area contributed by atoms with Crippen LogP contribution in [0.2, 0.25) is 0 Å². The predicted molar refractivity (Wildman–Crippen MR) is 131 cm³/mol. The smallest absolute Gasteiger partial charge is 0.267 e. The number of rotatable bonds is 7. The van der Waals surface area contributed by atoms with Crippen LogP contribution in [-0.4, -0.2) is 64.6 Å². The molecule has 5 rings (SSSR count). The van der Waals surface area contributed by atoms with Gasteiger partial charge in [0.05, 0.1) is 6.10 Å². The number of aryl methyl sites for hydroxylation is 1. The number of hydrogen-bond donors (Lipinski definition) is 3. The number of nitrogens with one attached hydrogen (secondary N) is 3. The third-order valence-corrected chi connectivity index (χ3v) is 7.24. The number of ether oxygens (including phenoxy) is 1. The van der Waals surface area contributed by atoms with Crippen molar-refractivity contribution in [3.8, 4) is 22.5 Å². The molecular formula is C26H34N6O2. The van der Waals surface area contributed by atoms with E-state index < -0.39 is 0 Å². The molecule has 2 aliphatic rings. The van der Waals surface area contributed by atoms with Crippen molar-refractivity contribution in [3.05, 3.63) is 47.3 Å². The number of amides is 1.